The van der Waals surface area contributed by atoms with Crippen molar-refractivity contribution in [3.8, 4) is 0 Å². The molecule has 0 bridgehead atoms. The highest BCUT2D eigenvalue weighted by Crippen LogP contribution is 2.29. The summed E-state index contributed by atoms with van der Waals surface area (Å²) in [5.74, 6) is -6.75. The van der Waals surface area contributed by atoms with Gasteiger partial charge in [-0.05, 0) is 15.9 Å². The van der Waals surface area contributed by atoms with E-state index in [2.05, 4.69) is 26.2 Å². The fourth-order valence-corrected chi connectivity index (χ4v) is 1.34. The summed E-state index contributed by atoms with van der Waals surface area (Å²) in [5, 5.41) is 6.47. The number of carbonyl (C=O) groups is 1. The predicted molar refractivity (Wildman–Crippen MR) is 44.0 cm³/mol. The van der Waals surface area contributed by atoms with Crippen LogP contribution in [0.5, 0.6) is 0 Å². The lowest BCUT2D eigenvalue weighted by Gasteiger charge is -2.13. The van der Waals surface area contributed by atoms with Crippen LogP contribution in [0, 0.1) is 0 Å². The molecule has 1 aromatic heterocycles. The van der Waals surface area contributed by atoms with Crippen LogP contribution in [0.25, 0.3) is 0 Å². The summed E-state index contributed by atoms with van der Waals surface area (Å²) in [7, 11) is 1.15. The summed E-state index contributed by atoms with van der Waals surface area (Å²) in [6.07, 6.45) is -4.06. The maximum absolute atomic E-state index is 12.7. The van der Waals surface area contributed by atoms with Gasteiger partial charge in [-0.2, -0.15) is 8.78 Å². The second-order valence-electron chi connectivity index (χ2n) is 2.61. The van der Waals surface area contributed by atoms with E-state index in [1.54, 1.807) is 0 Å². The molecule has 0 aliphatic carbocycles. The Morgan fingerprint density at radius 3 is 2.40 bits per heavy atom. The topological polar surface area (TPSA) is 47.8 Å². The van der Waals surface area contributed by atoms with E-state index in [0.29, 0.717) is 4.68 Å². The van der Waals surface area contributed by atoms with Gasteiger partial charge >= 0.3 is 12.3 Å². The van der Waals surface area contributed by atoms with Gasteiger partial charge in [0.15, 0.2) is 4.60 Å². The highest BCUT2D eigenvalue weighted by atomic mass is 79.9. The van der Waals surface area contributed by atoms with Crippen LogP contribution in [0.3, 0.4) is 0 Å². The van der Waals surface area contributed by atoms with Gasteiger partial charge in [0.25, 0.3) is 5.78 Å². The number of alkyl halides is 4. The average Bonchev–Trinajstić information content (AvgIpc) is 2.45. The van der Waals surface area contributed by atoms with E-state index in [-0.39, 0.29) is 4.60 Å². The normalized spacial score (nSPS) is 12.2. The quantitative estimate of drug-likeness (QED) is 0.628. The molecule has 9 heteroatoms. The molecule has 1 heterocycles. The number of ketones is 1. The molecule has 84 valence electrons. The second-order valence-corrected chi connectivity index (χ2v) is 3.36. The maximum atomic E-state index is 12.7. The molecule has 0 saturated carbocycles. The predicted octanol–water partition coefficient (Wildman–Crippen LogP) is 1.66. The molecule has 0 N–H and O–H groups in total. The Hall–Kier alpha value is -0.990. The standard InChI is InChI=1S/C6H4BrF4N3O/c1-14-2(4(7)12-13-14)3(15)6(10,11)5(8)9/h5H,1H3. The van der Waals surface area contributed by atoms with Gasteiger partial charge in [-0.15, -0.1) is 5.10 Å². The van der Waals surface area contributed by atoms with Crippen LogP contribution in [0.4, 0.5) is 17.6 Å². The van der Waals surface area contributed by atoms with E-state index < -0.39 is 23.8 Å². The van der Waals surface area contributed by atoms with Crippen LogP contribution in [0.2, 0.25) is 0 Å². The number of Topliss-reactive ketones (excluding diaryl/α,β-unsaturated/α-hetero) is 1. The number of hydrogen-bond acceptors (Lipinski definition) is 3. The molecule has 4 nitrogen and oxygen atoms in total. The molecule has 1 rings (SSSR count). The van der Waals surface area contributed by atoms with Gasteiger partial charge in [-0.1, -0.05) is 5.21 Å². The fraction of sp³-hybridized carbons (Fsp3) is 0.500. The highest BCUT2D eigenvalue weighted by molar-refractivity contribution is 9.10. The van der Waals surface area contributed by atoms with Gasteiger partial charge in [0, 0.05) is 7.05 Å². The molecule has 0 unspecified atom stereocenters. The van der Waals surface area contributed by atoms with E-state index in [1.165, 1.54) is 0 Å². The monoisotopic (exact) mass is 289 g/mol. The smallest absolute Gasteiger partial charge is 0.285 e. The summed E-state index contributed by atoms with van der Waals surface area (Å²) in [6, 6.07) is 0. The Morgan fingerprint density at radius 1 is 1.53 bits per heavy atom. The average molecular weight is 290 g/mol. The van der Waals surface area contributed by atoms with Gasteiger partial charge in [0.1, 0.15) is 5.69 Å². The SMILES string of the molecule is Cn1nnc(Br)c1C(=O)C(F)(F)C(F)F. The van der Waals surface area contributed by atoms with Crippen molar-refractivity contribution >= 4 is 21.7 Å². The van der Waals surface area contributed by atoms with Crippen molar-refractivity contribution in [1.29, 1.82) is 0 Å². The van der Waals surface area contributed by atoms with E-state index >= 15 is 0 Å². The molecule has 15 heavy (non-hydrogen) atoms. The Balaban J connectivity index is 3.16. The summed E-state index contributed by atoms with van der Waals surface area (Å²) in [6.45, 7) is 0. The Morgan fingerprint density at radius 2 is 2.07 bits per heavy atom. The number of nitrogens with zero attached hydrogens (tertiary/aromatic N) is 3. The minimum Gasteiger partial charge on any atom is -0.285 e. The van der Waals surface area contributed by atoms with Crippen molar-refractivity contribution in [2.24, 2.45) is 7.05 Å². The molecule has 0 fully saturated rings. The summed E-state index contributed by atoms with van der Waals surface area (Å²) >= 11 is 2.67. The van der Waals surface area contributed by atoms with Crippen molar-refractivity contribution < 1.29 is 22.4 Å². The van der Waals surface area contributed by atoms with Crippen LogP contribution in [0.1, 0.15) is 10.5 Å². The molecule has 0 aliphatic heterocycles. The van der Waals surface area contributed by atoms with Gasteiger partial charge in [-0.3, -0.25) is 4.79 Å². The molecule has 0 aliphatic rings. The molecular formula is C6H4BrF4N3O. The van der Waals surface area contributed by atoms with Crippen LogP contribution in [0.15, 0.2) is 4.60 Å². The lowest BCUT2D eigenvalue weighted by Crippen LogP contribution is -2.37. The van der Waals surface area contributed by atoms with Crippen molar-refractivity contribution in [3.05, 3.63) is 10.3 Å². The van der Waals surface area contributed by atoms with E-state index in [4.69, 9.17) is 0 Å². The third kappa shape index (κ3) is 2.01. The lowest BCUT2D eigenvalue weighted by molar-refractivity contribution is -0.0962. The molecule has 0 radical (unpaired) electrons. The van der Waals surface area contributed by atoms with Crippen LogP contribution in [-0.4, -0.2) is 33.1 Å². The number of carbonyl (C=O) groups excluding carboxylic acids is 1. The minimum absolute atomic E-state index is 0.296. The summed E-state index contributed by atoms with van der Waals surface area (Å²) in [4.78, 5) is 11.0. The van der Waals surface area contributed by atoms with Crippen LogP contribution >= 0.6 is 15.9 Å². The zero-order chi connectivity index (χ0) is 11.8. The second kappa shape index (κ2) is 3.87. The van der Waals surface area contributed by atoms with E-state index in [1.807, 2.05) is 0 Å². The van der Waals surface area contributed by atoms with Gasteiger partial charge in [-0.25, -0.2) is 13.5 Å². The molecule has 0 spiro atoms. The van der Waals surface area contributed by atoms with Crippen LogP contribution < -0.4 is 0 Å². The molecule has 0 saturated heterocycles. The number of hydrogen-bond donors (Lipinski definition) is 0. The van der Waals surface area contributed by atoms with Crippen LogP contribution in [-0.2, 0) is 7.05 Å². The van der Waals surface area contributed by atoms with Crippen molar-refractivity contribution in [3.63, 3.8) is 0 Å². The largest absolute Gasteiger partial charge is 0.370 e. The van der Waals surface area contributed by atoms with Gasteiger partial charge in [0.05, 0.1) is 0 Å². The first-order valence-corrected chi connectivity index (χ1v) is 4.33. The summed E-state index contributed by atoms with van der Waals surface area (Å²) < 4.78 is 49.5. The zero-order valence-electron chi connectivity index (χ0n) is 7.22. The Labute approximate surface area is 89.4 Å². The number of aryl methyl sites for hydroxylation is 1. The first kappa shape index (κ1) is 12.1. The molecular weight excluding hydrogens is 286 g/mol. The number of halogens is 5. The van der Waals surface area contributed by atoms with E-state index in [9.17, 15) is 22.4 Å². The third-order valence-electron chi connectivity index (χ3n) is 1.58. The molecule has 0 amide bonds. The number of aromatic nitrogens is 3. The van der Waals surface area contributed by atoms with Gasteiger partial charge < -0.3 is 0 Å². The Bertz CT molecular complexity index is 372. The van der Waals surface area contributed by atoms with Crippen molar-refractivity contribution in [2.75, 3.05) is 0 Å². The van der Waals surface area contributed by atoms with Crippen molar-refractivity contribution in [2.45, 2.75) is 12.3 Å². The molecule has 0 aromatic carbocycles. The highest BCUT2D eigenvalue weighted by Gasteiger charge is 2.51. The lowest BCUT2D eigenvalue weighted by atomic mass is 10.2. The Kier molecular flexibility index (Phi) is 3.12. The minimum atomic E-state index is -4.74. The zero-order valence-corrected chi connectivity index (χ0v) is 8.80. The summed E-state index contributed by atoms with van der Waals surface area (Å²) in [5.41, 5.74) is -0.694. The van der Waals surface area contributed by atoms with Crippen molar-refractivity contribution in [1.82, 2.24) is 15.0 Å². The molecule has 1 aromatic rings. The first-order valence-electron chi connectivity index (χ1n) is 3.54. The first-order chi connectivity index (χ1) is 6.78. The third-order valence-corrected chi connectivity index (χ3v) is 2.11. The van der Waals surface area contributed by atoms with Gasteiger partial charge in [0.2, 0.25) is 0 Å². The number of rotatable bonds is 3. The fourth-order valence-electron chi connectivity index (χ4n) is 0.830. The molecule has 0 atom stereocenters. The van der Waals surface area contributed by atoms with E-state index in [0.717, 1.165) is 7.05 Å². The maximum Gasteiger partial charge on any atom is 0.370 e.